The second-order valence-corrected chi connectivity index (χ2v) is 6.76. The molecule has 6 heteroatoms. The summed E-state index contributed by atoms with van der Waals surface area (Å²) < 4.78 is 1.41. The van der Waals surface area contributed by atoms with Crippen molar-refractivity contribution in [2.45, 2.75) is 54.1 Å². The third-order valence-corrected chi connectivity index (χ3v) is 3.45. The van der Waals surface area contributed by atoms with Gasteiger partial charge in [-0.05, 0) is 18.3 Å². The number of nitrogens with one attached hydrogen (secondary N) is 2. The Balaban J connectivity index is 3.27. The van der Waals surface area contributed by atoms with Crippen LogP contribution in [-0.2, 0) is 6.54 Å². The SMILES string of the molecule is CC(C)Cn1c(N)c(NC(C)C(C)(C)C)c(=O)[nH]c1=O. The van der Waals surface area contributed by atoms with Crippen molar-refractivity contribution in [3.8, 4) is 0 Å². The van der Waals surface area contributed by atoms with E-state index in [-0.39, 0.29) is 28.9 Å². The summed E-state index contributed by atoms with van der Waals surface area (Å²) in [6.07, 6.45) is 0. The summed E-state index contributed by atoms with van der Waals surface area (Å²) >= 11 is 0. The molecule has 0 fully saturated rings. The van der Waals surface area contributed by atoms with Crippen LogP contribution in [-0.4, -0.2) is 15.6 Å². The first kappa shape index (κ1) is 16.3. The van der Waals surface area contributed by atoms with Gasteiger partial charge in [-0.3, -0.25) is 14.3 Å². The maximum Gasteiger partial charge on any atom is 0.330 e. The van der Waals surface area contributed by atoms with E-state index >= 15 is 0 Å². The van der Waals surface area contributed by atoms with Crippen LogP contribution in [0.5, 0.6) is 0 Å². The first-order valence-electron chi connectivity index (χ1n) is 6.93. The van der Waals surface area contributed by atoms with Gasteiger partial charge in [-0.1, -0.05) is 34.6 Å². The number of aromatic amines is 1. The van der Waals surface area contributed by atoms with Gasteiger partial charge in [0.25, 0.3) is 5.56 Å². The lowest BCUT2D eigenvalue weighted by molar-refractivity contribution is 0.359. The number of nitrogen functional groups attached to an aromatic ring is 1. The molecule has 114 valence electrons. The third kappa shape index (κ3) is 3.65. The molecule has 0 saturated carbocycles. The van der Waals surface area contributed by atoms with E-state index in [4.69, 9.17) is 5.73 Å². The average molecular weight is 282 g/mol. The molecule has 0 aliphatic carbocycles. The Morgan fingerprint density at radius 2 is 1.80 bits per heavy atom. The van der Waals surface area contributed by atoms with Gasteiger partial charge in [0.2, 0.25) is 0 Å². The van der Waals surface area contributed by atoms with Crippen LogP contribution < -0.4 is 22.3 Å². The highest BCUT2D eigenvalue weighted by atomic mass is 16.2. The second kappa shape index (κ2) is 5.73. The summed E-state index contributed by atoms with van der Waals surface area (Å²) in [5.41, 5.74) is 5.31. The van der Waals surface area contributed by atoms with Crippen molar-refractivity contribution in [3.63, 3.8) is 0 Å². The van der Waals surface area contributed by atoms with E-state index in [1.807, 2.05) is 20.8 Å². The maximum absolute atomic E-state index is 11.9. The Morgan fingerprint density at radius 1 is 1.25 bits per heavy atom. The molecule has 0 aliphatic rings. The van der Waals surface area contributed by atoms with Crippen LogP contribution in [0.3, 0.4) is 0 Å². The number of rotatable bonds is 4. The predicted octanol–water partition coefficient (Wildman–Crippen LogP) is 1.62. The monoisotopic (exact) mass is 282 g/mol. The van der Waals surface area contributed by atoms with E-state index in [0.29, 0.717) is 6.54 Å². The lowest BCUT2D eigenvalue weighted by atomic mass is 9.88. The molecule has 1 aromatic rings. The number of hydrogen-bond acceptors (Lipinski definition) is 4. The van der Waals surface area contributed by atoms with Crippen LogP contribution in [0.1, 0.15) is 41.5 Å². The van der Waals surface area contributed by atoms with E-state index in [0.717, 1.165) is 0 Å². The highest BCUT2D eigenvalue weighted by Crippen LogP contribution is 2.23. The highest BCUT2D eigenvalue weighted by Gasteiger charge is 2.23. The Hall–Kier alpha value is -1.72. The van der Waals surface area contributed by atoms with Gasteiger partial charge in [0, 0.05) is 12.6 Å². The molecule has 1 rings (SSSR count). The fraction of sp³-hybridized carbons (Fsp3) is 0.714. The van der Waals surface area contributed by atoms with E-state index in [1.54, 1.807) is 0 Å². The zero-order valence-electron chi connectivity index (χ0n) is 13.2. The average Bonchev–Trinajstić information content (AvgIpc) is 2.28. The van der Waals surface area contributed by atoms with Crippen LogP contribution >= 0.6 is 0 Å². The largest absolute Gasteiger partial charge is 0.383 e. The third-order valence-electron chi connectivity index (χ3n) is 3.45. The number of nitrogens with two attached hydrogens (primary N) is 1. The predicted molar refractivity (Wildman–Crippen MR) is 83.1 cm³/mol. The van der Waals surface area contributed by atoms with Gasteiger partial charge >= 0.3 is 5.69 Å². The van der Waals surface area contributed by atoms with Gasteiger partial charge in [0.15, 0.2) is 0 Å². The van der Waals surface area contributed by atoms with Crippen molar-refractivity contribution >= 4 is 11.5 Å². The van der Waals surface area contributed by atoms with Crippen LogP contribution in [0.2, 0.25) is 0 Å². The van der Waals surface area contributed by atoms with E-state index in [2.05, 4.69) is 31.1 Å². The number of aromatic nitrogens is 2. The van der Waals surface area contributed by atoms with Gasteiger partial charge < -0.3 is 11.1 Å². The molecule has 0 spiro atoms. The van der Waals surface area contributed by atoms with Crippen LogP contribution in [0, 0.1) is 11.3 Å². The molecule has 0 radical (unpaired) electrons. The first-order chi connectivity index (χ1) is 9.04. The van der Waals surface area contributed by atoms with Crippen molar-refractivity contribution in [2.75, 3.05) is 11.1 Å². The van der Waals surface area contributed by atoms with Gasteiger partial charge in [0.1, 0.15) is 11.5 Å². The van der Waals surface area contributed by atoms with Crippen LogP contribution in [0.15, 0.2) is 9.59 Å². The molecular weight excluding hydrogens is 256 g/mol. The van der Waals surface area contributed by atoms with E-state index in [9.17, 15) is 9.59 Å². The molecule has 1 aromatic heterocycles. The Kier molecular flexibility index (Phi) is 4.68. The van der Waals surface area contributed by atoms with Crippen molar-refractivity contribution < 1.29 is 0 Å². The Morgan fingerprint density at radius 3 is 2.25 bits per heavy atom. The van der Waals surface area contributed by atoms with Crippen molar-refractivity contribution in [1.82, 2.24) is 9.55 Å². The van der Waals surface area contributed by atoms with Crippen molar-refractivity contribution in [2.24, 2.45) is 11.3 Å². The number of H-pyrrole nitrogens is 1. The van der Waals surface area contributed by atoms with Crippen LogP contribution in [0.4, 0.5) is 11.5 Å². The minimum Gasteiger partial charge on any atom is -0.383 e. The fourth-order valence-corrected chi connectivity index (χ4v) is 1.71. The number of hydrogen-bond donors (Lipinski definition) is 3. The summed E-state index contributed by atoms with van der Waals surface area (Å²) in [7, 11) is 0. The summed E-state index contributed by atoms with van der Waals surface area (Å²) in [4.78, 5) is 26.1. The molecule has 0 bridgehead atoms. The minimum atomic E-state index is -0.469. The van der Waals surface area contributed by atoms with E-state index in [1.165, 1.54) is 4.57 Å². The Bertz CT molecular complexity index is 578. The summed E-state index contributed by atoms with van der Waals surface area (Å²) in [5, 5.41) is 3.13. The molecule has 0 aliphatic heterocycles. The lowest BCUT2D eigenvalue weighted by Gasteiger charge is -2.29. The van der Waals surface area contributed by atoms with Crippen molar-refractivity contribution in [3.05, 3.63) is 20.8 Å². The van der Waals surface area contributed by atoms with Crippen LogP contribution in [0.25, 0.3) is 0 Å². The molecule has 0 saturated heterocycles. The molecular formula is C14H26N4O2. The summed E-state index contributed by atoms with van der Waals surface area (Å²) in [6.45, 7) is 12.6. The van der Waals surface area contributed by atoms with Gasteiger partial charge in [-0.2, -0.15) is 0 Å². The first-order valence-corrected chi connectivity index (χ1v) is 6.93. The molecule has 6 nitrogen and oxygen atoms in total. The quantitative estimate of drug-likeness (QED) is 0.782. The zero-order chi connectivity index (χ0) is 15.7. The normalized spacial score (nSPS) is 13.6. The fourth-order valence-electron chi connectivity index (χ4n) is 1.71. The summed E-state index contributed by atoms with van der Waals surface area (Å²) in [6, 6.07) is 0.0379. The topological polar surface area (TPSA) is 92.9 Å². The summed E-state index contributed by atoms with van der Waals surface area (Å²) in [5.74, 6) is 0.456. The molecule has 1 heterocycles. The standard InChI is InChI=1S/C14H26N4O2/c1-8(2)7-18-11(15)10(12(19)17-13(18)20)16-9(3)14(4,5)6/h8-9,16H,7,15H2,1-6H3,(H,17,19,20). The minimum absolute atomic E-state index is 0.0299. The molecule has 0 amide bonds. The van der Waals surface area contributed by atoms with Gasteiger partial charge in [-0.25, -0.2) is 4.79 Å². The second-order valence-electron chi connectivity index (χ2n) is 6.76. The van der Waals surface area contributed by atoms with Gasteiger partial charge in [0.05, 0.1) is 0 Å². The molecule has 1 unspecified atom stereocenters. The Labute approximate surface area is 119 Å². The number of nitrogens with zero attached hydrogens (tertiary/aromatic N) is 1. The lowest BCUT2D eigenvalue weighted by Crippen LogP contribution is -2.39. The maximum atomic E-state index is 11.9. The smallest absolute Gasteiger partial charge is 0.330 e. The van der Waals surface area contributed by atoms with Crippen molar-refractivity contribution in [1.29, 1.82) is 0 Å². The molecule has 0 aromatic carbocycles. The number of anilines is 2. The molecule has 1 atom stereocenters. The van der Waals surface area contributed by atoms with Gasteiger partial charge in [-0.15, -0.1) is 0 Å². The zero-order valence-corrected chi connectivity index (χ0v) is 13.2. The molecule has 20 heavy (non-hydrogen) atoms. The molecule has 4 N–H and O–H groups in total. The van der Waals surface area contributed by atoms with E-state index < -0.39 is 11.2 Å². The highest BCUT2D eigenvalue weighted by molar-refractivity contribution is 5.61.